The molecule has 0 saturated carbocycles. The Bertz CT molecular complexity index is 3690. The van der Waals surface area contributed by atoms with Crippen molar-refractivity contribution < 1.29 is 23.6 Å². The molecule has 0 unspecified atom stereocenters. The van der Waals surface area contributed by atoms with Crippen molar-refractivity contribution in [3.05, 3.63) is 163 Å². The molecule has 0 amide bonds. The Balaban J connectivity index is 1.36. The van der Waals surface area contributed by atoms with E-state index in [2.05, 4.69) is 0 Å². The average Bonchev–Trinajstić information content (AvgIpc) is 3.91. The minimum atomic E-state index is -0.623. The van der Waals surface area contributed by atoms with Crippen molar-refractivity contribution in [3.8, 4) is 56.4 Å². The summed E-state index contributed by atoms with van der Waals surface area (Å²) in [5.41, 5.74) is 2.74. The van der Waals surface area contributed by atoms with Gasteiger partial charge in [0.1, 0.15) is 11.2 Å². The highest BCUT2D eigenvalue weighted by atomic mass is 32.1. The molecule has 0 atom stereocenters. The van der Waals surface area contributed by atoms with E-state index in [0.717, 1.165) is 28.0 Å². The van der Waals surface area contributed by atoms with Crippen LogP contribution in [-0.2, 0) is 0 Å². The lowest BCUT2D eigenvalue weighted by Crippen LogP contribution is -2.01. The lowest BCUT2D eigenvalue weighted by atomic mass is 9.95. The summed E-state index contributed by atoms with van der Waals surface area (Å²) < 4.78 is 129. The van der Waals surface area contributed by atoms with Crippen LogP contribution in [0.1, 0.15) is 19.2 Å². The van der Waals surface area contributed by atoms with Gasteiger partial charge < -0.3 is 4.42 Å². The molecule has 234 valence electrons. The first-order valence-electron chi connectivity index (χ1n) is 22.5. The number of para-hydroxylation sites is 1. The maximum absolute atomic E-state index is 9.31. The first-order chi connectivity index (χ1) is 30.6. The molecule has 0 aliphatic heterocycles. The molecule has 5 heteroatoms. The Morgan fingerprint density at radius 3 is 1.96 bits per heavy atom. The molecule has 10 rings (SSSR count). The summed E-state index contributed by atoms with van der Waals surface area (Å²) in [6, 6.07) is 17.3. The smallest absolute Gasteiger partial charge is 0.165 e. The predicted molar refractivity (Wildman–Crippen MR) is 207 cm³/mol. The van der Waals surface area contributed by atoms with Crippen LogP contribution in [0.4, 0.5) is 0 Å². The fourth-order valence-electron chi connectivity index (χ4n) is 6.16. The number of hydrogen-bond acceptors (Lipinski definition) is 5. The molecule has 0 spiro atoms. The maximum Gasteiger partial charge on any atom is 0.165 e. The fourth-order valence-corrected chi connectivity index (χ4v) is 7.22. The van der Waals surface area contributed by atoms with Gasteiger partial charge in [0.2, 0.25) is 0 Å². The van der Waals surface area contributed by atoms with Crippen LogP contribution in [0.3, 0.4) is 0 Å². The minimum Gasteiger partial charge on any atom is -0.456 e. The van der Waals surface area contributed by atoms with Gasteiger partial charge in [-0.05, 0) is 52.5 Å². The number of thiophene rings is 1. The third kappa shape index (κ3) is 4.71. The summed E-state index contributed by atoms with van der Waals surface area (Å²) in [6.45, 7) is 0. The molecule has 0 fully saturated rings. The molecule has 0 saturated heterocycles. The second-order valence-corrected chi connectivity index (χ2v) is 12.3. The van der Waals surface area contributed by atoms with Crippen LogP contribution < -0.4 is 0 Å². The zero-order valence-corrected chi connectivity index (χ0v) is 26.5. The Labute approximate surface area is 311 Å². The molecular weight excluding hydrogens is 631 g/mol. The number of furan rings is 1. The molecule has 0 aliphatic carbocycles. The standard InChI is InChI=1S/C45H27N3OS/c1-2-13-28(14-3-1)29-15-10-16-30(27-29)31-17-4-5-19-34(31)43-46-44(36-22-12-25-39-41(36)35-20-6-8-24-38(35)49-39)48-45(47-43)37-23-11-21-33-32-18-7-9-26-40(32)50-42(33)37/h1-27H/i6D,7D,8D,9D,11D,12D,18D,20D,21D,22D,23D,24D,25D,26D. The van der Waals surface area contributed by atoms with Crippen molar-refractivity contribution >= 4 is 53.4 Å². The van der Waals surface area contributed by atoms with Gasteiger partial charge in [-0.1, -0.05) is 133 Å². The highest BCUT2D eigenvalue weighted by Crippen LogP contribution is 2.42. The van der Waals surface area contributed by atoms with E-state index in [0.29, 0.717) is 11.1 Å². The van der Waals surface area contributed by atoms with Gasteiger partial charge in [-0.3, -0.25) is 0 Å². The predicted octanol–water partition coefficient (Wildman–Crippen LogP) is 12.5. The number of hydrogen-bond donors (Lipinski definition) is 0. The van der Waals surface area contributed by atoms with Crippen molar-refractivity contribution in [2.75, 3.05) is 0 Å². The van der Waals surface area contributed by atoms with Crippen LogP contribution >= 0.6 is 11.3 Å². The summed E-state index contributed by atoms with van der Waals surface area (Å²) in [6.07, 6.45) is 0. The normalized spacial score (nSPS) is 15.5. The van der Waals surface area contributed by atoms with Crippen molar-refractivity contribution in [3.63, 3.8) is 0 Å². The van der Waals surface area contributed by atoms with Crippen molar-refractivity contribution in [1.82, 2.24) is 15.0 Å². The SMILES string of the molecule is [2H]c1c([2H])c([2H])c2c(oc3c([2H])c([2H])c([2H])c(-c4nc(-c5ccccc5-c5cccc(-c6ccccc6)c5)nc(-c5c([2H])c([2H])c([2H])c6c5sc5c([2H])c([2H])c([2H])c([2H])c56)n4)c32)c1[2H]. The molecule has 0 N–H and O–H groups in total. The second-order valence-electron chi connectivity index (χ2n) is 11.3. The third-order valence-corrected chi connectivity index (χ3v) is 9.54. The van der Waals surface area contributed by atoms with E-state index in [1.807, 2.05) is 66.7 Å². The van der Waals surface area contributed by atoms with Crippen molar-refractivity contribution in [2.24, 2.45) is 0 Å². The number of aromatic nitrogens is 3. The van der Waals surface area contributed by atoms with Gasteiger partial charge in [0.25, 0.3) is 0 Å². The van der Waals surface area contributed by atoms with E-state index in [-0.39, 0.29) is 76.8 Å². The molecule has 50 heavy (non-hydrogen) atoms. The van der Waals surface area contributed by atoms with Crippen molar-refractivity contribution in [1.29, 1.82) is 0 Å². The van der Waals surface area contributed by atoms with E-state index in [9.17, 15) is 2.74 Å². The van der Waals surface area contributed by atoms with Gasteiger partial charge in [-0.25, -0.2) is 15.0 Å². The van der Waals surface area contributed by atoms with Crippen LogP contribution in [0.25, 0.3) is 98.5 Å². The third-order valence-electron chi connectivity index (χ3n) is 8.42. The van der Waals surface area contributed by atoms with Gasteiger partial charge in [-0.2, -0.15) is 0 Å². The fraction of sp³-hybridized carbons (Fsp3) is 0. The Morgan fingerprint density at radius 2 is 1.08 bits per heavy atom. The van der Waals surface area contributed by atoms with E-state index < -0.39 is 78.6 Å². The zero-order valence-electron chi connectivity index (χ0n) is 39.7. The van der Waals surface area contributed by atoms with Crippen molar-refractivity contribution in [2.45, 2.75) is 0 Å². The molecule has 4 nitrogen and oxygen atoms in total. The summed E-state index contributed by atoms with van der Waals surface area (Å²) in [5, 5.41) is -0.340. The highest BCUT2D eigenvalue weighted by Gasteiger charge is 2.21. The molecule has 3 aromatic heterocycles. The lowest BCUT2D eigenvalue weighted by Gasteiger charge is -2.13. The monoisotopic (exact) mass is 671 g/mol. The number of fused-ring (bicyclic) bond motifs is 6. The van der Waals surface area contributed by atoms with Gasteiger partial charge in [0, 0.05) is 47.6 Å². The minimum absolute atomic E-state index is 0.0112. The Morgan fingerprint density at radius 1 is 0.460 bits per heavy atom. The van der Waals surface area contributed by atoms with Crippen LogP contribution in [0.2, 0.25) is 0 Å². The number of benzene rings is 7. The van der Waals surface area contributed by atoms with Crippen LogP contribution in [0.15, 0.2) is 168 Å². The zero-order chi connectivity index (χ0) is 45.2. The van der Waals surface area contributed by atoms with Gasteiger partial charge in [0.05, 0.1) is 19.2 Å². The van der Waals surface area contributed by atoms with Crippen LogP contribution in [-0.4, -0.2) is 15.0 Å². The van der Waals surface area contributed by atoms with E-state index in [1.165, 1.54) is 0 Å². The molecule has 0 aliphatic rings. The Kier molecular flexibility index (Phi) is 4.14. The first-order valence-corrected chi connectivity index (χ1v) is 16.3. The molecule has 7 aromatic carbocycles. The Hall–Kier alpha value is -6.43. The van der Waals surface area contributed by atoms with Crippen LogP contribution in [0, 0.1) is 0 Å². The molecule has 0 bridgehead atoms. The summed E-state index contributed by atoms with van der Waals surface area (Å²) >= 11 is 0.881. The van der Waals surface area contributed by atoms with Crippen LogP contribution in [0.5, 0.6) is 0 Å². The first kappa shape index (κ1) is 17.8. The van der Waals surface area contributed by atoms with E-state index in [1.54, 1.807) is 12.1 Å². The van der Waals surface area contributed by atoms with E-state index >= 15 is 0 Å². The van der Waals surface area contributed by atoms with Gasteiger partial charge in [-0.15, -0.1) is 11.3 Å². The lowest BCUT2D eigenvalue weighted by molar-refractivity contribution is 0.669. The molecule has 10 aromatic rings. The van der Waals surface area contributed by atoms with Gasteiger partial charge in [0.15, 0.2) is 17.5 Å². The topological polar surface area (TPSA) is 51.8 Å². The van der Waals surface area contributed by atoms with Gasteiger partial charge >= 0.3 is 0 Å². The molecular formula is C45H27N3OS. The second kappa shape index (κ2) is 11.6. The largest absolute Gasteiger partial charge is 0.456 e. The highest BCUT2D eigenvalue weighted by molar-refractivity contribution is 7.26. The average molecular weight is 672 g/mol. The summed E-state index contributed by atoms with van der Waals surface area (Å²) in [7, 11) is 0. The molecule has 3 heterocycles. The van der Waals surface area contributed by atoms with E-state index in [4.69, 9.17) is 35.8 Å². The quantitative estimate of drug-likeness (QED) is 0.183. The number of rotatable bonds is 5. The number of nitrogens with zero attached hydrogens (tertiary/aromatic N) is 3. The maximum atomic E-state index is 9.31. The summed E-state index contributed by atoms with van der Waals surface area (Å²) in [5.74, 6) is -0.600. The molecule has 0 radical (unpaired) electrons. The summed E-state index contributed by atoms with van der Waals surface area (Å²) in [4.78, 5) is 14.6.